The molecule has 1 aliphatic rings. The van der Waals surface area contributed by atoms with E-state index in [9.17, 15) is 4.39 Å². The SMILES string of the molecule is CONC1CC(C)(C)Oc2c1ccc(C)c2F. The molecule has 0 bridgehead atoms. The molecule has 0 amide bonds. The molecule has 0 saturated carbocycles. The summed E-state index contributed by atoms with van der Waals surface area (Å²) < 4.78 is 19.8. The van der Waals surface area contributed by atoms with Crippen molar-refractivity contribution in [2.24, 2.45) is 0 Å². The van der Waals surface area contributed by atoms with Crippen molar-refractivity contribution >= 4 is 0 Å². The van der Waals surface area contributed by atoms with Gasteiger partial charge in [-0.2, -0.15) is 5.48 Å². The van der Waals surface area contributed by atoms with E-state index in [2.05, 4.69) is 5.48 Å². The van der Waals surface area contributed by atoms with Gasteiger partial charge in [-0.25, -0.2) is 4.39 Å². The second-order valence-electron chi connectivity index (χ2n) is 5.06. The van der Waals surface area contributed by atoms with Crippen LogP contribution in [0.4, 0.5) is 4.39 Å². The molecule has 0 saturated heterocycles. The van der Waals surface area contributed by atoms with Gasteiger partial charge in [0.25, 0.3) is 0 Å². The van der Waals surface area contributed by atoms with E-state index in [-0.39, 0.29) is 11.9 Å². The van der Waals surface area contributed by atoms with E-state index in [1.54, 1.807) is 20.1 Å². The second-order valence-corrected chi connectivity index (χ2v) is 5.06. The summed E-state index contributed by atoms with van der Waals surface area (Å²) in [6, 6.07) is 3.61. The molecular weight excluding hydrogens is 221 g/mol. The molecule has 4 heteroatoms. The molecule has 0 aliphatic carbocycles. The lowest BCUT2D eigenvalue weighted by molar-refractivity contribution is 0.000688. The van der Waals surface area contributed by atoms with Crippen molar-refractivity contribution in [3.05, 3.63) is 29.1 Å². The highest BCUT2D eigenvalue weighted by Crippen LogP contribution is 2.41. The monoisotopic (exact) mass is 239 g/mol. The van der Waals surface area contributed by atoms with Crippen molar-refractivity contribution in [3.8, 4) is 5.75 Å². The Morgan fingerprint density at radius 1 is 1.47 bits per heavy atom. The van der Waals surface area contributed by atoms with Crippen LogP contribution in [0.15, 0.2) is 12.1 Å². The number of aryl methyl sites for hydroxylation is 1. The molecule has 0 fully saturated rings. The first kappa shape index (κ1) is 12.3. The van der Waals surface area contributed by atoms with Crippen LogP contribution in [0.5, 0.6) is 5.75 Å². The largest absolute Gasteiger partial charge is 0.484 e. The summed E-state index contributed by atoms with van der Waals surface area (Å²) >= 11 is 0. The van der Waals surface area contributed by atoms with Gasteiger partial charge in [-0.15, -0.1) is 0 Å². The molecule has 94 valence electrons. The van der Waals surface area contributed by atoms with Crippen molar-refractivity contribution in [2.75, 3.05) is 7.11 Å². The Hall–Kier alpha value is -1.13. The van der Waals surface area contributed by atoms with E-state index >= 15 is 0 Å². The number of halogens is 1. The van der Waals surface area contributed by atoms with Crippen LogP contribution in [0, 0.1) is 12.7 Å². The third kappa shape index (κ3) is 2.28. The number of benzene rings is 1. The van der Waals surface area contributed by atoms with Gasteiger partial charge in [0.2, 0.25) is 0 Å². The summed E-state index contributed by atoms with van der Waals surface area (Å²) in [6.45, 7) is 5.63. The molecule has 1 unspecified atom stereocenters. The first-order valence-corrected chi connectivity index (χ1v) is 5.71. The van der Waals surface area contributed by atoms with Gasteiger partial charge in [0.05, 0.1) is 13.2 Å². The van der Waals surface area contributed by atoms with E-state index in [4.69, 9.17) is 9.57 Å². The zero-order valence-corrected chi connectivity index (χ0v) is 10.6. The Morgan fingerprint density at radius 2 is 2.18 bits per heavy atom. The van der Waals surface area contributed by atoms with Crippen molar-refractivity contribution < 1.29 is 14.0 Å². The maximum absolute atomic E-state index is 14.0. The van der Waals surface area contributed by atoms with Crippen molar-refractivity contribution in [1.29, 1.82) is 0 Å². The van der Waals surface area contributed by atoms with Gasteiger partial charge in [0.1, 0.15) is 5.60 Å². The lowest BCUT2D eigenvalue weighted by atomic mass is 9.89. The minimum atomic E-state index is -0.405. The normalized spacial score (nSPS) is 21.8. The van der Waals surface area contributed by atoms with Crippen molar-refractivity contribution in [2.45, 2.75) is 38.8 Å². The van der Waals surface area contributed by atoms with Crippen LogP contribution >= 0.6 is 0 Å². The summed E-state index contributed by atoms with van der Waals surface area (Å²) in [6.07, 6.45) is 0.732. The second kappa shape index (κ2) is 4.27. The van der Waals surface area contributed by atoms with Crippen LogP contribution in [-0.4, -0.2) is 12.7 Å². The fourth-order valence-electron chi connectivity index (χ4n) is 2.21. The highest BCUT2D eigenvalue weighted by atomic mass is 19.1. The molecule has 1 heterocycles. The summed E-state index contributed by atoms with van der Waals surface area (Å²) in [5.74, 6) is 0.0639. The third-order valence-corrected chi connectivity index (χ3v) is 3.03. The molecule has 0 aromatic heterocycles. The maximum Gasteiger partial charge on any atom is 0.168 e. The van der Waals surface area contributed by atoms with Crippen LogP contribution in [0.2, 0.25) is 0 Å². The van der Waals surface area contributed by atoms with Gasteiger partial charge in [-0.05, 0) is 26.3 Å². The maximum atomic E-state index is 14.0. The lowest BCUT2D eigenvalue weighted by Gasteiger charge is -2.37. The number of rotatable bonds is 2. The zero-order valence-electron chi connectivity index (χ0n) is 10.6. The predicted molar refractivity (Wildman–Crippen MR) is 63.3 cm³/mol. The fourth-order valence-corrected chi connectivity index (χ4v) is 2.21. The first-order valence-electron chi connectivity index (χ1n) is 5.71. The van der Waals surface area contributed by atoms with Gasteiger partial charge in [-0.3, -0.25) is 0 Å². The topological polar surface area (TPSA) is 30.5 Å². The minimum Gasteiger partial charge on any atom is -0.484 e. The highest BCUT2D eigenvalue weighted by Gasteiger charge is 2.35. The Bertz CT molecular complexity index is 432. The van der Waals surface area contributed by atoms with E-state index in [0.717, 1.165) is 12.0 Å². The molecular formula is C13H18FNO2. The van der Waals surface area contributed by atoms with Crippen LogP contribution in [0.1, 0.15) is 37.4 Å². The van der Waals surface area contributed by atoms with Gasteiger partial charge < -0.3 is 9.57 Å². The minimum absolute atomic E-state index is 0.0474. The van der Waals surface area contributed by atoms with E-state index in [1.165, 1.54) is 0 Å². The average molecular weight is 239 g/mol. The summed E-state index contributed by atoms with van der Waals surface area (Å²) in [5, 5.41) is 0. The van der Waals surface area contributed by atoms with Gasteiger partial charge in [0.15, 0.2) is 11.6 Å². The van der Waals surface area contributed by atoms with Crippen LogP contribution in [0.25, 0.3) is 0 Å². The van der Waals surface area contributed by atoms with Crippen molar-refractivity contribution in [3.63, 3.8) is 0 Å². The lowest BCUT2D eigenvalue weighted by Crippen LogP contribution is -2.39. The Balaban J connectivity index is 2.48. The standard InChI is InChI=1S/C13H18FNO2/c1-8-5-6-9-10(15-16-4)7-13(2,3)17-12(9)11(8)14/h5-6,10,15H,7H2,1-4H3. The number of fused-ring (bicyclic) bond motifs is 1. The Kier molecular flexibility index (Phi) is 3.10. The predicted octanol–water partition coefficient (Wildman–Crippen LogP) is 2.89. The summed E-state index contributed by atoms with van der Waals surface area (Å²) in [7, 11) is 1.56. The van der Waals surface area contributed by atoms with Crippen LogP contribution < -0.4 is 10.2 Å². The molecule has 1 aromatic carbocycles. The molecule has 2 rings (SSSR count). The molecule has 1 atom stereocenters. The van der Waals surface area contributed by atoms with Gasteiger partial charge >= 0.3 is 0 Å². The van der Waals surface area contributed by atoms with Crippen molar-refractivity contribution in [1.82, 2.24) is 5.48 Å². The molecule has 0 spiro atoms. The number of ether oxygens (including phenoxy) is 1. The summed E-state index contributed by atoms with van der Waals surface area (Å²) in [5.41, 5.74) is 3.90. The van der Waals surface area contributed by atoms with E-state index < -0.39 is 5.60 Å². The molecule has 1 N–H and O–H groups in total. The number of hydrogen-bond acceptors (Lipinski definition) is 3. The quantitative estimate of drug-likeness (QED) is 0.805. The molecule has 1 aliphatic heterocycles. The summed E-state index contributed by atoms with van der Waals surface area (Å²) in [4.78, 5) is 4.97. The molecule has 3 nitrogen and oxygen atoms in total. The zero-order chi connectivity index (χ0) is 12.6. The average Bonchev–Trinajstić information content (AvgIpc) is 2.23. The Morgan fingerprint density at radius 3 is 2.82 bits per heavy atom. The van der Waals surface area contributed by atoms with Gasteiger partial charge in [0, 0.05) is 12.0 Å². The number of hydroxylamine groups is 1. The fraction of sp³-hybridized carbons (Fsp3) is 0.538. The molecule has 1 aromatic rings. The third-order valence-electron chi connectivity index (χ3n) is 3.03. The van der Waals surface area contributed by atoms with Gasteiger partial charge in [-0.1, -0.05) is 12.1 Å². The highest BCUT2D eigenvalue weighted by molar-refractivity contribution is 5.43. The molecule has 0 radical (unpaired) electrons. The van der Waals surface area contributed by atoms with E-state index in [1.807, 2.05) is 19.9 Å². The van der Waals surface area contributed by atoms with E-state index in [0.29, 0.717) is 11.3 Å². The number of hydrogen-bond donors (Lipinski definition) is 1. The number of nitrogens with one attached hydrogen (secondary N) is 1. The van der Waals surface area contributed by atoms with Crippen LogP contribution in [-0.2, 0) is 4.84 Å². The smallest absolute Gasteiger partial charge is 0.168 e. The Labute approximate surface area is 101 Å². The molecule has 17 heavy (non-hydrogen) atoms. The first-order chi connectivity index (χ1) is 7.94. The van der Waals surface area contributed by atoms with Crippen LogP contribution in [0.3, 0.4) is 0 Å².